The third-order valence-corrected chi connectivity index (χ3v) is 3.25. The molecule has 21 heavy (non-hydrogen) atoms. The number of nitrogens with two attached hydrogens (primary N) is 1. The molecule has 0 spiro atoms. The van der Waals surface area contributed by atoms with Gasteiger partial charge in [0.1, 0.15) is 0 Å². The standard InChI is InChI=1S/C18H35NO2/c1-2-3-4-5-6-7-8-9-10-11-12-13-14-15-18(21)17(19)16-20/h4-5,14-15,17-18,20-21H,2-3,6-13,16,19H2,1H3/b5-4-,15-14+/t17-,18+/m0/s1/i1D3,2D2,3D2. The SMILES string of the molecule is [2H]C([2H])([2H])C([2H])([2H])C([2H])([2H])/C=C\CCCCCCCC/C=C/[C@@H](O)[C@@H](N)CO. The monoisotopic (exact) mass is 304 g/mol. The van der Waals surface area contributed by atoms with Crippen molar-refractivity contribution in [2.75, 3.05) is 6.61 Å². The van der Waals surface area contributed by atoms with E-state index in [2.05, 4.69) is 0 Å². The first kappa shape index (κ1) is 11.0. The number of aliphatic hydroxyl groups excluding tert-OH is 2. The van der Waals surface area contributed by atoms with Crippen molar-refractivity contribution >= 4 is 0 Å². The number of hydrogen-bond donors (Lipinski definition) is 3. The first-order valence-electron chi connectivity index (χ1n) is 11.3. The lowest BCUT2D eigenvalue weighted by Crippen LogP contribution is -2.36. The molecule has 0 aromatic rings. The van der Waals surface area contributed by atoms with Crippen molar-refractivity contribution in [2.45, 2.75) is 83.1 Å². The second kappa shape index (κ2) is 15.7. The zero-order valence-electron chi connectivity index (χ0n) is 19.8. The summed E-state index contributed by atoms with van der Waals surface area (Å²) in [6.45, 7) is -3.27. The van der Waals surface area contributed by atoms with Crippen LogP contribution in [-0.4, -0.2) is 29.0 Å². The molecule has 0 aliphatic rings. The molecule has 2 atom stereocenters. The zero-order valence-corrected chi connectivity index (χ0v) is 12.8. The Labute approximate surface area is 140 Å². The Morgan fingerprint density at radius 3 is 2.29 bits per heavy atom. The summed E-state index contributed by atoms with van der Waals surface area (Å²) >= 11 is 0. The molecule has 3 heteroatoms. The molecule has 0 aromatic carbocycles. The second-order valence-electron chi connectivity index (χ2n) is 5.14. The van der Waals surface area contributed by atoms with E-state index in [4.69, 9.17) is 20.4 Å². The van der Waals surface area contributed by atoms with Crippen molar-refractivity contribution in [3.63, 3.8) is 0 Å². The van der Waals surface area contributed by atoms with Gasteiger partial charge in [0.05, 0.1) is 18.8 Å². The normalized spacial score (nSPS) is 22.0. The Morgan fingerprint density at radius 1 is 1.05 bits per heavy atom. The molecule has 0 heterocycles. The van der Waals surface area contributed by atoms with Gasteiger partial charge in [-0.25, -0.2) is 0 Å². The van der Waals surface area contributed by atoms with Crippen LogP contribution in [0.5, 0.6) is 0 Å². The average Bonchev–Trinajstić information content (AvgIpc) is 2.60. The summed E-state index contributed by atoms with van der Waals surface area (Å²) in [5.41, 5.74) is 5.49. The molecule has 124 valence electrons. The molecule has 0 rings (SSSR count). The van der Waals surface area contributed by atoms with Crippen LogP contribution in [0.25, 0.3) is 0 Å². The highest BCUT2D eigenvalue weighted by molar-refractivity contribution is 4.93. The predicted molar refractivity (Wildman–Crippen MR) is 91.2 cm³/mol. The van der Waals surface area contributed by atoms with Gasteiger partial charge >= 0.3 is 0 Å². The van der Waals surface area contributed by atoms with E-state index in [9.17, 15) is 5.11 Å². The molecular weight excluding hydrogens is 262 g/mol. The van der Waals surface area contributed by atoms with Crippen LogP contribution in [0, 0.1) is 0 Å². The Bertz CT molecular complexity index is 479. The minimum absolute atomic E-state index is 0.252. The van der Waals surface area contributed by atoms with Crippen LogP contribution in [0.1, 0.15) is 80.6 Å². The molecule has 0 saturated heterocycles. The zero-order chi connectivity index (χ0) is 21.8. The molecular formula is C18H35NO2. The molecule has 0 radical (unpaired) electrons. The number of hydrogen-bond acceptors (Lipinski definition) is 3. The number of rotatable bonds is 14. The molecule has 0 aromatic heterocycles. The highest BCUT2D eigenvalue weighted by Gasteiger charge is 2.08. The van der Waals surface area contributed by atoms with Crippen LogP contribution in [0.4, 0.5) is 0 Å². The lowest BCUT2D eigenvalue weighted by molar-refractivity contribution is 0.144. The van der Waals surface area contributed by atoms with Gasteiger partial charge in [0.2, 0.25) is 0 Å². The summed E-state index contributed by atoms with van der Waals surface area (Å²) in [7, 11) is 0. The van der Waals surface area contributed by atoms with E-state index in [1.807, 2.05) is 6.08 Å². The van der Waals surface area contributed by atoms with E-state index >= 15 is 0 Å². The van der Waals surface area contributed by atoms with E-state index in [1.54, 1.807) is 6.08 Å². The fraction of sp³-hybridized carbons (Fsp3) is 0.778. The number of allylic oxidation sites excluding steroid dienone is 3. The van der Waals surface area contributed by atoms with Gasteiger partial charge in [-0.15, -0.1) is 0 Å². The highest BCUT2D eigenvalue weighted by Crippen LogP contribution is 2.09. The largest absolute Gasteiger partial charge is 0.395 e. The van der Waals surface area contributed by atoms with E-state index in [-0.39, 0.29) is 6.61 Å². The molecule has 0 fully saturated rings. The summed E-state index contributed by atoms with van der Waals surface area (Å²) in [6, 6.07) is -0.646. The molecule has 4 N–H and O–H groups in total. The fourth-order valence-corrected chi connectivity index (χ4v) is 1.90. The summed E-state index contributed by atoms with van der Waals surface area (Å²) in [5.74, 6) is 0. The van der Waals surface area contributed by atoms with Crippen molar-refractivity contribution in [3.05, 3.63) is 24.3 Å². The van der Waals surface area contributed by atoms with Gasteiger partial charge in [-0.3, -0.25) is 0 Å². The topological polar surface area (TPSA) is 66.5 Å². The van der Waals surface area contributed by atoms with Crippen molar-refractivity contribution in [1.82, 2.24) is 0 Å². The third-order valence-electron chi connectivity index (χ3n) is 3.25. The molecule has 0 unspecified atom stereocenters. The Hall–Kier alpha value is -0.640. The van der Waals surface area contributed by atoms with Gasteiger partial charge in [0.25, 0.3) is 0 Å². The van der Waals surface area contributed by atoms with Crippen molar-refractivity contribution in [2.24, 2.45) is 5.73 Å². The van der Waals surface area contributed by atoms with Gasteiger partial charge in [-0.05, 0) is 32.1 Å². The van der Waals surface area contributed by atoms with Crippen LogP contribution in [-0.2, 0) is 0 Å². The minimum atomic E-state index is -3.01. The highest BCUT2D eigenvalue weighted by atomic mass is 16.3. The quantitative estimate of drug-likeness (QED) is 0.338. The van der Waals surface area contributed by atoms with E-state index < -0.39 is 31.7 Å². The summed E-state index contributed by atoms with van der Waals surface area (Å²) in [5, 5.41) is 18.4. The maximum Gasteiger partial charge on any atom is 0.0894 e. The van der Waals surface area contributed by atoms with Gasteiger partial charge in [0, 0.05) is 9.60 Å². The van der Waals surface area contributed by atoms with E-state index in [0.29, 0.717) is 6.42 Å². The molecule has 3 nitrogen and oxygen atoms in total. The van der Waals surface area contributed by atoms with Gasteiger partial charge in [-0.2, -0.15) is 0 Å². The lowest BCUT2D eigenvalue weighted by Gasteiger charge is -2.11. The molecule has 0 amide bonds. The molecule has 0 aliphatic heterocycles. The fourth-order valence-electron chi connectivity index (χ4n) is 1.90. The van der Waals surface area contributed by atoms with Crippen molar-refractivity contribution in [3.8, 4) is 0 Å². The molecule has 0 saturated carbocycles. The summed E-state index contributed by atoms with van der Waals surface area (Å²) < 4.78 is 51.8. The van der Waals surface area contributed by atoms with Crippen LogP contribution in [0.15, 0.2) is 24.3 Å². The second-order valence-corrected chi connectivity index (χ2v) is 5.14. The number of unbranched alkanes of at least 4 members (excludes halogenated alkanes) is 7. The Morgan fingerprint density at radius 2 is 1.67 bits per heavy atom. The third kappa shape index (κ3) is 14.1. The maximum absolute atomic E-state index is 9.55. The minimum Gasteiger partial charge on any atom is -0.395 e. The molecule has 0 bridgehead atoms. The van der Waals surface area contributed by atoms with E-state index in [1.165, 1.54) is 6.08 Å². The van der Waals surface area contributed by atoms with Crippen LogP contribution < -0.4 is 5.73 Å². The summed E-state index contributed by atoms with van der Waals surface area (Å²) in [6.07, 6.45) is 7.17. The first-order chi connectivity index (χ1) is 12.9. The number of aliphatic hydroxyl groups is 2. The smallest absolute Gasteiger partial charge is 0.0894 e. The van der Waals surface area contributed by atoms with Crippen LogP contribution in [0.2, 0.25) is 0 Å². The maximum atomic E-state index is 9.55. The lowest BCUT2D eigenvalue weighted by atomic mass is 10.1. The first-order valence-corrected chi connectivity index (χ1v) is 7.75. The predicted octanol–water partition coefficient (Wildman–Crippen LogP) is 3.70. The Balaban J connectivity index is 3.85. The van der Waals surface area contributed by atoms with Gasteiger partial charge in [0.15, 0.2) is 0 Å². The summed E-state index contributed by atoms with van der Waals surface area (Å²) in [4.78, 5) is 0. The van der Waals surface area contributed by atoms with Crippen molar-refractivity contribution in [1.29, 1.82) is 0 Å². The Kier molecular flexibility index (Phi) is 8.23. The van der Waals surface area contributed by atoms with Crippen molar-refractivity contribution < 1.29 is 19.8 Å². The van der Waals surface area contributed by atoms with Crippen LogP contribution in [0.3, 0.4) is 0 Å². The van der Waals surface area contributed by atoms with Gasteiger partial charge in [-0.1, -0.05) is 63.2 Å². The van der Waals surface area contributed by atoms with Crippen LogP contribution >= 0.6 is 0 Å². The van der Waals surface area contributed by atoms with E-state index in [0.717, 1.165) is 51.0 Å². The average molecular weight is 305 g/mol. The molecule has 0 aliphatic carbocycles. The van der Waals surface area contributed by atoms with Gasteiger partial charge < -0.3 is 15.9 Å².